The minimum atomic E-state index is -1.06. The molecule has 12 heteroatoms. The summed E-state index contributed by atoms with van der Waals surface area (Å²) in [6.45, 7) is 2.12. The maximum absolute atomic E-state index is 13.3. The van der Waals surface area contributed by atoms with Gasteiger partial charge in [-0.15, -0.1) is 0 Å². The van der Waals surface area contributed by atoms with Crippen LogP contribution < -0.4 is 25.0 Å². The van der Waals surface area contributed by atoms with Crippen LogP contribution in [0, 0.1) is 5.92 Å². The predicted octanol–water partition coefficient (Wildman–Crippen LogP) is 3.07. The third kappa shape index (κ3) is 6.37. The maximum atomic E-state index is 13.3. The Kier molecular flexibility index (Phi) is 7.82. The van der Waals surface area contributed by atoms with Crippen LogP contribution in [-0.4, -0.2) is 71.7 Å². The van der Waals surface area contributed by atoms with E-state index in [1.165, 1.54) is 6.20 Å². The second-order valence-electron chi connectivity index (χ2n) is 10.8. The number of aliphatic carboxylic acids is 1. The molecule has 2 aromatic carbocycles. The van der Waals surface area contributed by atoms with Crippen molar-refractivity contribution in [1.29, 1.82) is 0 Å². The Bertz CT molecular complexity index is 1550. The average Bonchev–Trinajstić information content (AvgIpc) is 3.78. The third-order valence-corrected chi connectivity index (χ3v) is 7.76. The summed E-state index contributed by atoms with van der Waals surface area (Å²) >= 11 is 0. The Hall–Kier alpha value is -5.13. The number of nitrogens with zero attached hydrogens (tertiary/aromatic N) is 3. The molecule has 222 valence electrons. The molecule has 1 unspecified atom stereocenters. The second-order valence-corrected chi connectivity index (χ2v) is 10.8. The molecule has 2 aliphatic heterocycles. The van der Waals surface area contributed by atoms with E-state index < -0.39 is 17.9 Å². The van der Waals surface area contributed by atoms with E-state index in [-0.39, 0.29) is 36.5 Å². The number of carboxylic acids is 1. The highest BCUT2D eigenvalue weighted by molar-refractivity contribution is 6.01. The Morgan fingerprint density at radius 3 is 2.44 bits per heavy atom. The molecule has 1 saturated heterocycles. The molecule has 1 saturated carbocycles. The van der Waals surface area contributed by atoms with E-state index in [0.717, 1.165) is 18.5 Å². The zero-order valence-corrected chi connectivity index (χ0v) is 23.3. The summed E-state index contributed by atoms with van der Waals surface area (Å²) in [7, 11) is 0. The first kappa shape index (κ1) is 28.0. The van der Waals surface area contributed by atoms with Crippen LogP contribution in [0.1, 0.15) is 51.6 Å². The Morgan fingerprint density at radius 1 is 0.953 bits per heavy atom. The summed E-state index contributed by atoms with van der Waals surface area (Å²) in [6, 6.07) is 12.8. The maximum Gasteiger partial charge on any atom is 0.305 e. The monoisotopic (exact) mass is 585 g/mol. The first-order chi connectivity index (χ1) is 20.9. The van der Waals surface area contributed by atoms with Gasteiger partial charge >= 0.3 is 5.97 Å². The topological polar surface area (TPSA) is 150 Å². The van der Waals surface area contributed by atoms with E-state index in [9.17, 15) is 24.3 Å². The van der Waals surface area contributed by atoms with E-state index in [0.29, 0.717) is 54.5 Å². The number of aromatic nitrogens is 1. The van der Waals surface area contributed by atoms with Gasteiger partial charge in [0.2, 0.25) is 12.7 Å². The number of ether oxygens (including phenoxy) is 2. The van der Waals surface area contributed by atoms with Gasteiger partial charge in [-0.05, 0) is 60.9 Å². The summed E-state index contributed by atoms with van der Waals surface area (Å²) in [4.78, 5) is 58.6. The molecule has 0 spiro atoms. The van der Waals surface area contributed by atoms with Crippen molar-refractivity contribution in [3.63, 3.8) is 0 Å². The lowest BCUT2D eigenvalue weighted by Crippen LogP contribution is -2.49. The summed E-state index contributed by atoms with van der Waals surface area (Å²) < 4.78 is 10.8. The second kappa shape index (κ2) is 12.0. The highest BCUT2D eigenvalue weighted by Crippen LogP contribution is 2.35. The van der Waals surface area contributed by atoms with Crippen LogP contribution in [0.15, 0.2) is 60.9 Å². The molecule has 3 amide bonds. The molecular weight excluding hydrogens is 554 g/mol. The molecule has 3 N–H and O–H groups in total. The Balaban J connectivity index is 1.18. The highest BCUT2D eigenvalue weighted by Gasteiger charge is 2.31. The van der Waals surface area contributed by atoms with E-state index >= 15 is 0 Å². The minimum Gasteiger partial charge on any atom is -0.481 e. The van der Waals surface area contributed by atoms with Crippen LogP contribution in [0.5, 0.6) is 11.5 Å². The number of pyridine rings is 1. The number of hydrogen-bond acceptors (Lipinski definition) is 8. The van der Waals surface area contributed by atoms with E-state index in [4.69, 9.17) is 9.47 Å². The summed E-state index contributed by atoms with van der Waals surface area (Å²) in [6.07, 6.45) is 4.43. The molecule has 6 rings (SSSR count). The van der Waals surface area contributed by atoms with Crippen molar-refractivity contribution in [3.8, 4) is 11.5 Å². The van der Waals surface area contributed by atoms with Gasteiger partial charge in [-0.3, -0.25) is 24.2 Å². The number of carboxylic acid groups (broad SMARTS) is 1. The van der Waals surface area contributed by atoms with Crippen molar-refractivity contribution >= 4 is 35.1 Å². The van der Waals surface area contributed by atoms with Crippen molar-refractivity contribution in [1.82, 2.24) is 15.2 Å². The van der Waals surface area contributed by atoms with E-state index in [1.807, 2.05) is 0 Å². The fourth-order valence-electron chi connectivity index (χ4n) is 5.25. The Labute approximate surface area is 247 Å². The number of carbonyl (C=O) groups excluding carboxylic acids is 3. The molecule has 3 heterocycles. The number of nitrogens with one attached hydrogen (secondary N) is 2. The number of anilines is 2. The first-order valence-corrected chi connectivity index (χ1v) is 14.2. The Morgan fingerprint density at radius 2 is 1.72 bits per heavy atom. The summed E-state index contributed by atoms with van der Waals surface area (Å²) in [5.41, 5.74) is 2.63. The van der Waals surface area contributed by atoms with Crippen LogP contribution in [-0.2, 0) is 9.59 Å². The normalized spacial score (nSPS) is 16.4. The van der Waals surface area contributed by atoms with Crippen LogP contribution >= 0.6 is 0 Å². The van der Waals surface area contributed by atoms with E-state index in [1.54, 1.807) is 59.6 Å². The van der Waals surface area contributed by atoms with Crippen LogP contribution in [0.3, 0.4) is 0 Å². The number of fused-ring (bicyclic) bond motifs is 1. The van der Waals surface area contributed by atoms with Gasteiger partial charge in [-0.2, -0.15) is 0 Å². The van der Waals surface area contributed by atoms with Crippen molar-refractivity contribution in [2.75, 3.05) is 43.2 Å². The standard InChI is InChI=1S/C31H31N5O7/c37-28(38)16-23(22-2-1-9-32-17-22)33-30(40)20-5-7-25(24(14-20)34-29(39)19-3-4-19)35-10-12-36(13-11-35)31(41)21-6-8-26-27(15-21)43-18-42-26/h1-2,5-9,14-15,17,19,23H,3-4,10-13,16,18H2,(H,33,40)(H,34,39)(H,37,38). The van der Waals surface area contributed by atoms with Crippen molar-refractivity contribution in [2.24, 2.45) is 5.92 Å². The SMILES string of the molecule is O=C(O)CC(NC(=O)c1ccc(N2CCN(C(=O)c3ccc4c(c3)OCO4)CC2)c(NC(=O)C2CC2)c1)c1cccnc1. The third-order valence-electron chi connectivity index (χ3n) is 7.76. The van der Waals surface area contributed by atoms with Gasteiger partial charge in [-0.1, -0.05) is 6.07 Å². The molecule has 1 aliphatic carbocycles. The lowest BCUT2D eigenvalue weighted by Gasteiger charge is -2.37. The van der Waals surface area contributed by atoms with Gasteiger partial charge < -0.3 is 35.0 Å². The molecule has 1 atom stereocenters. The van der Waals surface area contributed by atoms with Gasteiger partial charge in [0.25, 0.3) is 11.8 Å². The van der Waals surface area contributed by atoms with E-state index in [2.05, 4.69) is 20.5 Å². The largest absolute Gasteiger partial charge is 0.481 e. The number of rotatable bonds is 9. The number of piperazine rings is 1. The molecule has 0 radical (unpaired) electrons. The van der Waals surface area contributed by atoms with Gasteiger partial charge in [0, 0.05) is 55.6 Å². The van der Waals surface area contributed by atoms with Crippen molar-refractivity contribution in [2.45, 2.75) is 25.3 Å². The number of hydrogen-bond donors (Lipinski definition) is 3. The molecule has 3 aliphatic rings. The van der Waals surface area contributed by atoms with Crippen LogP contribution in [0.4, 0.5) is 11.4 Å². The van der Waals surface area contributed by atoms with Gasteiger partial charge in [0.1, 0.15) is 0 Å². The zero-order valence-electron chi connectivity index (χ0n) is 23.3. The van der Waals surface area contributed by atoms with Crippen LogP contribution in [0.2, 0.25) is 0 Å². The summed E-state index contributed by atoms with van der Waals surface area (Å²) in [5, 5.41) is 15.2. The zero-order chi connectivity index (χ0) is 29.9. The molecule has 1 aromatic heterocycles. The molecule has 2 fully saturated rings. The quantitative estimate of drug-likeness (QED) is 0.344. The summed E-state index contributed by atoms with van der Waals surface area (Å²) in [5.74, 6) is -0.604. The van der Waals surface area contributed by atoms with Gasteiger partial charge in [0.05, 0.1) is 23.8 Å². The average molecular weight is 586 g/mol. The van der Waals surface area contributed by atoms with Crippen molar-refractivity contribution < 1.29 is 33.8 Å². The first-order valence-electron chi connectivity index (χ1n) is 14.2. The highest BCUT2D eigenvalue weighted by atomic mass is 16.7. The molecule has 12 nitrogen and oxygen atoms in total. The number of carbonyl (C=O) groups is 4. The lowest BCUT2D eigenvalue weighted by molar-refractivity contribution is -0.137. The number of amides is 3. The lowest BCUT2D eigenvalue weighted by atomic mass is 10.0. The molecule has 43 heavy (non-hydrogen) atoms. The van der Waals surface area contributed by atoms with Crippen molar-refractivity contribution in [3.05, 3.63) is 77.6 Å². The molecular formula is C31H31N5O7. The molecule has 0 bridgehead atoms. The van der Waals surface area contributed by atoms with Gasteiger partial charge in [-0.25, -0.2) is 0 Å². The van der Waals surface area contributed by atoms with Gasteiger partial charge in [0.15, 0.2) is 11.5 Å². The fourth-order valence-corrected chi connectivity index (χ4v) is 5.25. The predicted molar refractivity (Wildman–Crippen MR) is 155 cm³/mol. The number of benzene rings is 2. The fraction of sp³-hybridized carbons (Fsp3) is 0.323. The minimum absolute atomic E-state index is 0.0490. The van der Waals surface area contributed by atoms with Crippen LogP contribution in [0.25, 0.3) is 0 Å². The smallest absolute Gasteiger partial charge is 0.305 e. The molecule has 3 aromatic rings.